The summed E-state index contributed by atoms with van der Waals surface area (Å²) < 4.78 is 0. The van der Waals surface area contributed by atoms with Crippen LogP contribution in [0.3, 0.4) is 0 Å². The van der Waals surface area contributed by atoms with Gasteiger partial charge in [0.2, 0.25) is 0 Å². The molecule has 0 unspecified atom stereocenters. The molecule has 0 aliphatic carbocycles. The van der Waals surface area contributed by atoms with Crippen molar-refractivity contribution in [3.63, 3.8) is 0 Å². The Balaban J connectivity index is 1.58. The summed E-state index contributed by atoms with van der Waals surface area (Å²) in [6.45, 7) is 27.3. The Morgan fingerprint density at radius 2 is 0.911 bits per heavy atom. The molecule has 2 aromatic heterocycles. The molecule has 0 bridgehead atoms. The topological polar surface area (TPSA) is 37.8 Å². The van der Waals surface area contributed by atoms with Crippen molar-refractivity contribution in [2.24, 2.45) is 0 Å². The van der Waals surface area contributed by atoms with Gasteiger partial charge in [-0.3, -0.25) is 0 Å². The van der Waals surface area contributed by atoms with Gasteiger partial charge in [0.15, 0.2) is 0 Å². The Morgan fingerprint density at radius 3 is 1.44 bits per heavy atom. The van der Waals surface area contributed by atoms with Crippen molar-refractivity contribution in [3.05, 3.63) is 107 Å². The Morgan fingerprint density at radius 1 is 0.444 bits per heavy atom. The molecular weight excluding hydrogens is 546 g/mol. The largest absolute Gasteiger partial charge is 0.354 e. The van der Waals surface area contributed by atoms with E-state index >= 15 is 0 Å². The number of benzene rings is 3. The highest BCUT2D eigenvalue weighted by Gasteiger charge is 2.23. The molecule has 0 radical (unpaired) electrons. The Labute approximate surface area is 271 Å². The minimum Gasteiger partial charge on any atom is -0.354 e. The van der Waals surface area contributed by atoms with E-state index in [0.717, 1.165) is 44.9 Å². The minimum absolute atomic E-state index is 0.0387. The molecule has 1 N–H and O–H groups in total. The third-order valence-electron chi connectivity index (χ3n) is 8.64. The molecule has 0 aliphatic heterocycles. The van der Waals surface area contributed by atoms with Crippen molar-refractivity contribution in [1.29, 1.82) is 0 Å². The monoisotopic (exact) mass is 597 g/mol. The summed E-state index contributed by atoms with van der Waals surface area (Å²) in [6.07, 6.45) is 0. The summed E-state index contributed by atoms with van der Waals surface area (Å²) in [6, 6.07) is 30.7. The number of para-hydroxylation sites is 1. The molecule has 0 aliphatic rings. The molecule has 0 amide bonds. The van der Waals surface area contributed by atoms with Crippen LogP contribution in [0.15, 0.2) is 84.9 Å². The maximum atomic E-state index is 5.21. The van der Waals surface area contributed by atoms with Crippen LogP contribution in [-0.2, 0) is 21.7 Å². The second-order valence-corrected chi connectivity index (χ2v) is 16.7. The highest BCUT2D eigenvalue weighted by atomic mass is 14.9. The van der Waals surface area contributed by atoms with Crippen LogP contribution in [0.4, 0.5) is 11.4 Å². The lowest BCUT2D eigenvalue weighted by molar-refractivity contribution is 0.568. The molecule has 234 valence electrons. The number of hydrogen-bond donors (Lipinski definition) is 1. The molecule has 5 aromatic rings. The van der Waals surface area contributed by atoms with Crippen LogP contribution in [0.5, 0.6) is 0 Å². The van der Waals surface area contributed by atoms with Gasteiger partial charge in [0.1, 0.15) is 0 Å². The van der Waals surface area contributed by atoms with Gasteiger partial charge in [0, 0.05) is 16.6 Å². The van der Waals surface area contributed by atoms with E-state index in [-0.39, 0.29) is 21.7 Å². The van der Waals surface area contributed by atoms with E-state index < -0.39 is 0 Å². The second kappa shape index (κ2) is 11.4. The van der Waals surface area contributed by atoms with Gasteiger partial charge >= 0.3 is 0 Å². The third-order valence-corrected chi connectivity index (χ3v) is 8.64. The zero-order valence-corrected chi connectivity index (χ0v) is 29.5. The molecular formula is C42H51N3. The van der Waals surface area contributed by atoms with Crippen LogP contribution in [0.25, 0.3) is 33.5 Å². The van der Waals surface area contributed by atoms with Crippen LogP contribution >= 0.6 is 0 Å². The normalized spacial score (nSPS) is 12.9. The molecule has 45 heavy (non-hydrogen) atoms. The number of aromatic nitrogens is 2. The molecule has 0 saturated carbocycles. The van der Waals surface area contributed by atoms with Crippen LogP contribution in [0, 0.1) is 0 Å². The zero-order chi connectivity index (χ0) is 32.9. The SMILES string of the molecule is CC(C)(C)c1cc(Nc2cccc3ccc(-c4cccc(-c5cc(C(C)(C)C)cc(C(C)(C)C)c5)n4)nc23)cc(C(C)(C)C)c1. The van der Waals surface area contributed by atoms with Gasteiger partial charge in [-0.15, -0.1) is 0 Å². The van der Waals surface area contributed by atoms with Crippen molar-refractivity contribution < 1.29 is 0 Å². The first kappa shape index (κ1) is 32.4. The first-order valence-electron chi connectivity index (χ1n) is 16.3. The minimum atomic E-state index is 0.0387. The van der Waals surface area contributed by atoms with Crippen molar-refractivity contribution in [3.8, 4) is 22.6 Å². The third kappa shape index (κ3) is 7.30. The van der Waals surface area contributed by atoms with E-state index in [1.54, 1.807) is 0 Å². The average molecular weight is 598 g/mol. The standard InChI is InChI=1S/C42H51N3/c1-39(2,3)29-21-28(22-30(23-29)40(4,5)6)34-16-14-17-35(44-34)36-20-19-27-15-13-18-37(38(27)45-36)43-33-25-31(41(7,8)9)24-32(26-33)42(10,11)12/h13-26,43H,1-12H3. The van der Waals surface area contributed by atoms with Crippen LogP contribution < -0.4 is 5.32 Å². The first-order valence-corrected chi connectivity index (χ1v) is 16.3. The summed E-state index contributed by atoms with van der Waals surface area (Å²) in [4.78, 5) is 10.4. The predicted molar refractivity (Wildman–Crippen MR) is 195 cm³/mol. The van der Waals surface area contributed by atoms with Gasteiger partial charge in [-0.25, -0.2) is 9.97 Å². The van der Waals surface area contributed by atoms with E-state index in [2.05, 4.69) is 173 Å². The number of pyridine rings is 2. The first-order chi connectivity index (χ1) is 20.8. The highest BCUT2D eigenvalue weighted by molar-refractivity contribution is 5.93. The van der Waals surface area contributed by atoms with Gasteiger partial charge in [-0.1, -0.05) is 119 Å². The van der Waals surface area contributed by atoms with Crippen molar-refractivity contribution in [1.82, 2.24) is 9.97 Å². The van der Waals surface area contributed by atoms with E-state index in [9.17, 15) is 0 Å². The molecule has 0 fully saturated rings. The summed E-state index contributed by atoms with van der Waals surface area (Å²) >= 11 is 0. The zero-order valence-electron chi connectivity index (χ0n) is 29.5. The van der Waals surface area contributed by atoms with E-state index in [4.69, 9.17) is 9.97 Å². The van der Waals surface area contributed by atoms with Gasteiger partial charge in [-0.2, -0.15) is 0 Å². The molecule has 0 atom stereocenters. The molecule has 3 heteroatoms. The molecule has 2 heterocycles. The number of hydrogen-bond acceptors (Lipinski definition) is 3. The van der Waals surface area contributed by atoms with E-state index in [1.807, 2.05) is 0 Å². The Bertz CT molecular complexity index is 1790. The fourth-order valence-electron chi connectivity index (χ4n) is 5.49. The molecule has 5 rings (SSSR count). The molecule has 0 spiro atoms. The summed E-state index contributed by atoms with van der Waals surface area (Å²) in [5, 5.41) is 4.84. The maximum absolute atomic E-state index is 5.21. The quantitative estimate of drug-likeness (QED) is 0.224. The van der Waals surface area contributed by atoms with Crippen molar-refractivity contribution in [2.75, 3.05) is 5.32 Å². The molecule has 3 aromatic carbocycles. The van der Waals surface area contributed by atoms with E-state index in [0.29, 0.717) is 0 Å². The number of rotatable bonds is 4. The average Bonchev–Trinajstić information content (AvgIpc) is 2.95. The maximum Gasteiger partial charge on any atom is 0.0944 e. The molecule has 0 saturated heterocycles. The Kier molecular flexibility index (Phi) is 8.23. The van der Waals surface area contributed by atoms with Gasteiger partial charge in [-0.05, 0) is 92.4 Å². The van der Waals surface area contributed by atoms with Crippen LogP contribution in [-0.4, -0.2) is 9.97 Å². The lowest BCUT2D eigenvalue weighted by atomic mass is 9.79. The smallest absolute Gasteiger partial charge is 0.0944 e. The lowest BCUT2D eigenvalue weighted by Crippen LogP contribution is -2.16. The van der Waals surface area contributed by atoms with Crippen molar-refractivity contribution >= 4 is 22.3 Å². The van der Waals surface area contributed by atoms with Gasteiger partial charge in [0.25, 0.3) is 0 Å². The van der Waals surface area contributed by atoms with Crippen LogP contribution in [0.1, 0.15) is 105 Å². The highest BCUT2D eigenvalue weighted by Crippen LogP contribution is 2.36. The molecule has 3 nitrogen and oxygen atoms in total. The number of nitrogens with one attached hydrogen (secondary N) is 1. The summed E-state index contributed by atoms with van der Waals surface area (Å²) in [5.41, 5.74) is 12.3. The number of anilines is 2. The predicted octanol–water partition coefficient (Wildman–Crippen LogP) is 11.9. The second-order valence-electron chi connectivity index (χ2n) is 16.7. The van der Waals surface area contributed by atoms with Gasteiger partial charge < -0.3 is 5.32 Å². The summed E-state index contributed by atoms with van der Waals surface area (Å²) in [7, 11) is 0. The van der Waals surface area contributed by atoms with Gasteiger partial charge in [0.05, 0.1) is 28.3 Å². The number of nitrogens with zero attached hydrogens (tertiary/aromatic N) is 2. The van der Waals surface area contributed by atoms with Crippen LogP contribution in [0.2, 0.25) is 0 Å². The fraction of sp³-hybridized carbons (Fsp3) is 0.381. The lowest BCUT2D eigenvalue weighted by Gasteiger charge is -2.26. The van der Waals surface area contributed by atoms with E-state index in [1.165, 1.54) is 22.3 Å². The van der Waals surface area contributed by atoms with Crippen molar-refractivity contribution in [2.45, 2.75) is 105 Å². The number of fused-ring (bicyclic) bond motifs is 1. The Hall–Kier alpha value is -3.98. The fourth-order valence-corrected chi connectivity index (χ4v) is 5.49. The summed E-state index contributed by atoms with van der Waals surface area (Å²) in [5.74, 6) is 0.